The topological polar surface area (TPSA) is 29.3 Å². The molecule has 0 radical (unpaired) electrons. The maximum Gasteiger partial charge on any atom is 0.128 e. The Morgan fingerprint density at radius 1 is 1.32 bits per heavy atom. The van der Waals surface area contributed by atoms with Crippen molar-refractivity contribution in [2.75, 3.05) is 23.7 Å². The van der Waals surface area contributed by atoms with Crippen molar-refractivity contribution in [1.29, 1.82) is 0 Å². The molecular weight excluding hydrogens is 239 g/mol. The Morgan fingerprint density at radius 3 is 2.84 bits per heavy atom. The summed E-state index contributed by atoms with van der Waals surface area (Å²) >= 11 is 0. The van der Waals surface area contributed by atoms with Crippen LogP contribution in [0.25, 0.3) is 0 Å². The van der Waals surface area contributed by atoms with Gasteiger partial charge in [0.05, 0.1) is 11.4 Å². The van der Waals surface area contributed by atoms with E-state index in [9.17, 15) is 4.39 Å². The van der Waals surface area contributed by atoms with E-state index < -0.39 is 0 Å². The van der Waals surface area contributed by atoms with Gasteiger partial charge in [0.2, 0.25) is 0 Å². The van der Waals surface area contributed by atoms with Crippen LogP contribution in [0.2, 0.25) is 0 Å². The molecule has 1 aromatic carbocycles. The number of nitrogen functional groups attached to an aromatic ring is 1. The van der Waals surface area contributed by atoms with Gasteiger partial charge in [-0.15, -0.1) is 0 Å². The zero-order chi connectivity index (χ0) is 13.8. The van der Waals surface area contributed by atoms with E-state index in [0.717, 1.165) is 24.7 Å². The lowest BCUT2D eigenvalue weighted by molar-refractivity contribution is 0.435. The lowest BCUT2D eigenvalue weighted by atomic mass is 9.96. The van der Waals surface area contributed by atoms with E-state index in [2.05, 4.69) is 11.8 Å². The van der Waals surface area contributed by atoms with E-state index in [1.165, 1.54) is 38.2 Å². The molecule has 1 aliphatic heterocycles. The van der Waals surface area contributed by atoms with Gasteiger partial charge in [0.1, 0.15) is 5.82 Å². The number of anilines is 2. The SMILES string of the molecule is CCCC1CCCN(c2cc(C)c(F)cc2N)CC1. The molecule has 1 heterocycles. The number of nitrogens with two attached hydrogens (primary N) is 1. The molecular formula is C16H25FN2. The molecule has 0 amide bonds. The number of aryl methyl sites for hydroxylation is 1. The highest BCUT2D eigenvalue weighted by atomic mass is 19.1. The van der Waals surface area contributed by atoms with Gasteiger partial charge in [-0.05, 0) is 49.8 Å². The van der Waals surface area contributed by atoms with Gasteiger partial charge >= 0.3 is 0 Å². The van der Waals surface area contributed by atoms with Crippen molar-refractivity contribution in [2.24, 2.45) is 5.92 Å². The predicted molar refractivity (Wildman–Crippen MR) is 80.0 cm³/mol. The van der Waals surface area contributed by atoms with Gasteiger partial charge in [-0.3, -0.25) is 0 Å². The largest absolute Gasteiger partial charge is 0.397 e. The highest BCUT2D eigenvalue weighted by Gasteiger charge is 2.18. The van der Waals surface area contributed by atoms with E-state index in [1.54, 1.807) is 6.92 Å². The maximum atomic E-state index is 13.5. The normalized spacial score (nSPS) is 20.4. The first-order chi connectivity index (χ1) is 9.11. The summed E-state index contributed by atoms with van der Waals surface area (Å²) in [6.45, 7) is 6.13. The van der Waals surface area contributed by atoms with Crippen LogP contribution < -0.4 is 10.6 Å². The zero-order valence-electron chi connectivity index (χ0n) is 12.1. The summed E-state index contributed by atoms with van der Waals surface area (Å²) in [6, 6.07) is 3.35. The second-order valence-corrected chi connectivity index (χ2v) is 5.73. The fraction of sp³-hybridized carbons (Fsp3) is 0.625. The third kappa shape index (κ3) is 3.40. The molecule has 19 heavy (non-hydrogen) atoms. The summed E-state index contributed by atoms with van der Waals surface area (Å²) in [7, 11) is 0. The van der Waals surface area contributed by atoms with Gasteiger partial charge < -0.3 is 10.6 Å². The molecule has 1 unspecified atom stereocenters. The van der Waals surface area contributed by atoms with Gasteiger partial charge in [-0.1, -0.05) is 19.8 Å². The Hall–Kier alpha value is -1.25. The van der Waals surface area contributed by atoms with Crippen molar-refractivity contribution in [3.05, 3.63) is 23.5 Å². The van der Waals surface area contributed by atoms with Gasteiger partial charge in [0, 0.05) is 13.1 Å². The van der Waals surface area contributed by atoms with Gasteiger partial charge in [0.25, 0.3) is 0 Å². The highest BCUT2D eigenvalue weighted by molar-refractivity contribution is 5.68. The number of halogens is 1. The molecule has 1 atom stereocenters. The van der Waals surface area contributed by atoms with E-state index in [-0.39, 0.29) is 5.82 Å². The Morgan fingerprint density at radius 2 is 2.11 bits per heavy atom. The maximum absolute atomic E-state index is 13.5. The fourth-order valence-electron chi connectivity index (χ4n) is 3.06. The molecule has 1 aliphatic rings. The monoisotopic (exact) mass is 264 g/mol. The average molecular weight is 264 g/mol. The van der Waals surface area contributed by atoms with Gasteiger partial charge in [0.15, 0.2) is 0 Å². The molecule has 0 bridgehead atoms. The van der Waals surface area contributed by atoms with Crippen molar-refractivity contribution >= 4 is 11.4 Å². The van der Waals surface area contributed by atoms with Crippen LogP contribution in [0.3, 0.4) is 0 Å². The van der Waals surface area contributed by atoms with Crippen molar-refractivity contribution in [3.63, 3.8) is 0 Å². The Labute approximate surface area is 115 Å². The molecule has 3 heteroatoms. The van der Waals surface area contributed by atoms with E-state index >= 15 is 0 Å². The number of rotatable bonds is 3. The molecule has 2 N–H and O–H groups in total. The second kappa shape index (κ2) is 6.27. The van der Waals surface area contributed by atoms with Crippen LogP contribution in [0, 0.1) is 18.7 Å². The third-order valence-electron chi connectivity index (χ3n) is 4.19. The van der Waals surface area contributed by atoms with Gasteiger partial charge in [-0.2, -0.15) is 0 Å². The van der Waals surface area contributed by atoms with E-state index in [1.807, 2.05) is 6.07 Å². The Bertz CT molecular complexity index is 431. The van der Waals surface area contributed by atoms with Crippen LogP contribution in [-0.2, 0) is 0 Å². The summed E-state index contributed by atoms with van der Waals surface area (Å²) in [4.78, 5) is 2.33. The molecule has 2 nitrogen and oxygen atoms in total. The smallest absolute Gasteiger partial charge is 0.128 e. The summed E-state index contributed by atoms with van der Waals surface area (Å²) in [5, 5.41) is 0. The van der Waals surface area contributed by atoms with Crippen molar-refractivity contribution in [3.8, 4) is 0 Å². The molecule has 0 aliphatic carbocycles. The minimum Gasteiger partial charge on any atom is -0.397 e. The van der Waals surface area contributed by atoms with Crippen LogP contribution in [0.5, 0.6) is 0 Å². The first-order valence-electron chi connectivity index (χ1n) is 7.42. The highest BCUT2D eigenvalue weighted by Crippen LogP contribution is 2.30. The van der Waals surface area contributed by atoms with Crippen LogP contribution in [0.4, 0.5) is 15.8 Å². The predicted octanol–water partition coefficient (Wildman–Crippen LogP) is 4.12. The van der Waals surface area contributed by atoms with Crippen LogP contribution in [-0.4, -0.2) is 13.1 Å². The van der Waals surface area contributed by atoms with Crippen molar-refractivity contribution < 1.29 is 4.39 Å². The van der Waals surface area contributed by atoms with Crippen LogP contribution in [0.15, 0.2) is 12.1 Å². The zero-order valence-corrected chi connectivity index (χ0v) is 12.1. The lowest BCUT2D eigenvalue weighted by Gasteiger charge is -2.25. The summed E-state index contributed by atoms with van der Waals surface area (Å²) in [5.41, 5.74) is 8.24. The minimum absolute atomic E-state index is 0.208. The number of benzene rings is 1. The standard InChI is InChI=1S/C16H25FN2/c1-3-5-13-6-4-8-19(9-7-13)16-10-12(2)14(17)11-15(16)18/h10-11,13H,3-9,18H2,1-2H3. The van der Waals surface area contributed by atoms with Crippen molar-refractivity contribution in [1.82, 2.24) is 0 Å². The Balaban J connectivity index is 2.12. The first kappa shape index (κ1) is 14.2. The third-order valence-corrected chi connectivity index (χ3v) is 4.19. The lowest BCUT2D eigenvalue weighted by Crippen LogP contribution is -2.25. The molecule has 106 valence electrons. The minimum atomic E-state index is -0.208. The Kier molecular flexibility index (Phi) is 4.67. The first-order valence-corrected chi connectivity index (χ1v) is 7.42. The average Bonchev–Trinajstić information content (AvgIpc) is 2.60. The van der Waals surface area contributed by atoms with E-state index in [4.69, 9.17) is 5.73 Å². The molecule has 1 saturated heterocycles. The van der Waals surface area contributed by atoms with E-state index in [0.29, 0.717) is 11.3 Å². The summed E-state index contributed by atoms with van der Waals surface area (Å²) < 4.78 is 13.5. The molecule has 0 aromatic heterocycles. The fourth-order valence-corrected chi connectivity index (χ4v) is 3.06. The molecule has 2 rings (SSSR count). The van der Waals surface area contributed by atoms with Crippen LogP contribution >= 0.6 is 0 Å². The summed E-state index contributed by atoms with van der Waals surface area (Å²) in [6.07, 6.45) is 6.34. The van der Waals surface area contributed by atoms with Crippen LogP contribution in [0.1, 0.15) is 44.6 Å². The number of hydrogen-bond acceptors (Lipinski definition) is 2. The number of hydrogen-bond donors (Lipinski definition) is 1. The summed E-state index contributed by atoms with van der Waals surface area (Å²) in [5.74, 6) is 0.637. The molecule has 1 fully saturated rings. The second-order valence-electron chi connectivity index (χ2n) is 5.73. The number of nitrogens with zero attached hydrogens (tertiary/aromatic N) is 1. The molecule has 0 saturated carbocycles. The molecule has 1 aromatic rings. The quantitative estimate of drug-likeness (QED) is 0.832. The molecule has 0 spiro atoms. The van der Waals surface area contributed by atoms with Crippen molar-refractivity contribution in [2.45, 2.75) is 46.0 Å². The van der Waals surface area contributed by atoms with Gasteiger partial charge in [-0.25, -0.2) is 4.39 Å².